The van der Waals surface area contributed by atoms with Gasteiger partial charge in [0.15, 0.2) is 0 Å². The second-order valence-corrected chi connectivity index (χ2v) is 8.52. The van der Waals surface area contributed by atoms with Gasteiger partial charge in [0.25, 0.3) is 11.7 Å². The minimum Gasteiger partial charge on any atom is -0.507 e. The topological polar surface area (TPSA) is 57.6 Å². The van der Waals surface area contributed by atoms with Gasteiger partial charge < -0.3 is 5.11 Å². The molecule has 1 aromatic heterocycles. The van der Waals surface area contributed by atoms with Gasteiger partial charge in [-0.1, -0.05) is 28.1 Å². The molecule has 29 heavy (non-hydrogen) atoms. The molecule has 1 amide bonds. The number of nitrogens with zero attached hydrogens (tertiary/aromatic N) is 1. The van der Waals surface area contributed by atoms with Gasteiger partial charge in [0.2, 0.25) is 0 Å². The third-order valence-electron chi connectivity index (χ3n) is 4.77. The first-order valence-corrected chi connectivity index (χ1v) is 10.4. The molecule has 0 aliphatic carbocycles. The molecular formula is C22H15BrFNO3S. The number of halogens is 2. The van der Waals surface area contributed by atoms with Crippen LogP contribution < -0.4 is 4.90 Å². The fraction of sp³-hybridized carbons (Fsp3) is 0.0909. The number of carbonyl (C=O) groups excluding carboxylic acids is 2. The maximum Gasteiger partial charge on any atom is 0.300 e. The molecule has 7 heteroatoms. The fourth-order valence-electron chi connectivity index (χ4n) is 3.39. The number of Topliss-reactive ketones (excluding diaryl/α,β-unsaturated/α-hetero) is 1. The van der Waals surface area contributed by atoms with Crippen LogP contribution in [0.25, 0.3) is 5.76 Å². The van der Waals surface area contributed by atoms with E-state index >= 15 is 0 Å². The molecule has 1 unspecified atom stereocenters. The summed E-state index contributed by atoms with van der Waals surface area (Å²) in [6.07, 6.45) is 0. The average molecular weight is 472 g/mol. The highest BCUT2D eigenvalue weighted by atomic mass is 79.9. The quantitative estimate of drug-likeness (QED) is 0.308. The lowest BCUT2D eigenvalue weighted by molar-refractivity contribution is -0.132. The Bertz CT molecular complexity index is 1160. The zero-order chi connectivity index (χ0) is 20.7. The molecule has 0 bridgehead atoms. The van der Waals surface area contributed by atoms with Crippen molar-refractivity contribution in [1.82, 2.24) is 0 Å². The first-order valence-electron chi connectivity index (χ1n) is 8.75. The number of thiophene rings is 1. The zero-order valence-corrected chi connectivity index (χ0v) is 17.6. The Hall–Kier alpha value is -2.77. The number of anilines is 1. The Balaban J connectivity index is 1.94. The lowest BCUT2D eigenvalue weighted by Gasteiger charge is -2.24. The third-order valence-corrected chi connectivity index (χ3v) is 6.19. The van der Waals surface area contributed by atoms with Crippen molar-refractivity contribution in [3.05, 3.63) is 91.8 Å². The maximum atomic E-state index is 13.7. The average Bonchev–Trinajstić information content (AvgIpc) is 3.31. The summed E-state index contributed by atoms with van der Waals surface area (Å²) < 4.78 is 14.4. The van der Waals surface area contributed by atoms with Crippen molar-refractivity contribution in [2.75, 3.05) is 4.90 Å². The molecule has 1 aliphatic rings. The molecule has 1 N–H and O–H groups in total. The Morgan fingerprint density at radius 1 is 1.14 bits per heavy atom. The molecular weight excluding hydrogens is 457 g/mol. The summed E-state index contributed by atoms with van der Waals surface area (Å²) in [6, 6.07) is 14.0. The van der Waals surface area contributed by atoms with E-state index in [4.69, 9.17) is 0 Å². The minimum absolute atomic E-state index is 0.0107. The third kappa shape index (κ3) is 3.41. The molecule has 1 saturated heterocycles. The van der Waals surface area contributed by atoms with Crippen LogP contribution in [-0.2, 0) is 9.59 Å². The molecule has 0 spiro atoms. The van der Waals surface area contributed by atoms with Gasteiger partial charge in [-0.2, -0.15) is 0 Å². The molecule has 2 aromatic carbocycles. The van der Waals surface area contributed by atoms with Gasteiger partial charge in [0, 0.05) is 20.6 Å². The summed E-state index contributed by atoms with van der Waals surface area (Å²) in [7, 11) is 0. The normalized spacial score (nSPS) is 18.4. The molecule has 2 heterocycles. The lowest BCUT2D eigenvalue weighted by atomic mass is 9.99. The van der Waals surface area contributed by atoms with Gasteiger partial charge in [-0.25, -0.2) is 4.39 Å². The van der Waals surface area contributed by atoms with Gasteiger partial charge in [-0.3, -0.25) is 14.5 Å². The summed E-state index contributed by atoms with van der Waals surface area (Å²) in [5.41, 5.74) is 1.15. The van der Waals surface area contributed by atoms with Crippen LogP contribution in [0.5, 0.6) is 0 Å². The number of benzene rings is 2. The van der Waals surface area contributed by atoms with Crippen LogP contribution in [-0.4, -0.2) is 16.8 Å². The number of aliphatic hydroxyl groups excluding tert-OH is 1. The van der Waals surface area contributed by atoms with E-state index in [9.17, 15) is 19.1 Å². The van der Waals surface area contributed by atoms with E-state index < -0.39 is 23.5 Å². The van der Waals surface area contributed by atoms with E-state index in [1.54, 1.807) is 25.1 Å². The number of aryl methyl sites for hydroxylation is 1. The van der Waals surface area contributed by atoms with Gasteiger partial charge in [0.1, 0.15) is 17.6 Å². The van der Waals surface area contributed by atoms with Gasteiger partial charge in [-0.05, 0) is 60.3 Å². The van der Waals surface area contributed by atoms with Crippen LogP contribution in [0, 0.1) is 12.7 Å². The number of ketones is 1. The van der Waals surface area contributed by atoms with Gasteiger partial charge in [-0.15, -0.1) is 11.3 Å². The summed E-state index contributed by atoms with van der Waals surface area (Å²) in [5.74, 6) is -2.22. The van der Waals surface area contributed by atoms with E-state index in [2.05, 4.69) is 15.9 Å². The number of carbonyl (C=O) groups is 2. The van der Waals surface area contributed by atoms with Crippen LogP contribution in [0.3, 0.4) is 0 Å². The second kappa shape index (κ2) is 7.57. The predicted octanol–water partition coefficient (Wildman–Crippen LogP) is 5.58. The summed E-state index contributed by atoms with van der Waals surface area (Å²) in [6.45, 7) is 1.57. The number of aliphatic hydroxyl groups is 1. The van der Waals surface area contributed by atoms with Crippen molar-refractivity contribution >= 4 is 50.4 Å². The Morgan fingerprint density at radius 3 is 2.59 bits per heavy atom. The highest BCUT2D eigenvalue weighted by Crippen LogP contribution is 2.44. The van der Waals surface area contributed by atoms with E-state index in [1.807, 2.05) is 23.6 Å². The van der Waals surface area contributed by atoms with Crippen LogP contribution >= 0.6 is 27.3 Å². The standard InChI is InChI=1S/C22H15BrFNO3S/c1-12-10-13(7-8-16(12)24)20(26)18-19(17-6-3-9-29-17)25(22(28)21(18)27)15-5-2-4-14(23)11-15/h2-11,19,26H,1H3/b20-18-. The smallest absolute Gasteiger partial charge is 0.300 e. The van der Waals surface area contributed by atoms with Crippen molar-refractivity contribution in [3.8, 4) is 0 Å². The van der Waals surface area contributed by atoms with Crippen LogP contribution in [0.15, 0.2) is 70.0 Å². The number of rotatable bonds is 3. The monoisotopic (exact) mass is 471 g/mol. The van der Waals surface area contributed by atoms with Gasteiger partial charge >= 0.3 is 0 Å². The van der Waals surface area contributed by atoms with Crippen molar-refractivity contribution in [2.24, 2.45) is 0 Å². The molecule has 1 aliphatic heterocycles. The molecule has 3 aromatic rings. The highest BCUT2D eigenvalue weighted by molar-refractivity contribution is 9.10. The lowest BCUT2D eigenvalue weighted by Crippen LogP contribution is -2.29. The Kier molecular flexibility index (Phi) is 5.10. The molecule has 1 atom stereocenters. The van der Waals surface area contributed by atoms with E-state index in [0.29, 0.717) is 11.3 Å². The van der Waals surface area contributed by atoms with Crippen LogP contribution in [0.2, 0.25) is 0 Å². The fourth-order valence-corrected chi connectivity index (χ4v) is 4.60. The number of amides is 1. The first-order chi connectivity index (χ1) is 13.9. The first kappa shape index (κ1) is 19.5. The predicted molar refractivity (Wildman–Crippen MR) is 114 cm³/mol. The van der Waals surface area contributed by atoms with Crippen molar-refractivity contribution in [3.63, 3.8) is 0 Å². The van der Waals surface area contributed by atoms with Crippen molar-refractivity contribution < 1.29 is 19.1 Å². The van der Waals surface area contributed by atoms with Crippen LogP contribution in [0.1, 0.15) is 22.0 Å². The second-order valence-electron chi connectivity index (χ2n) is 6.63. The minimum atomic E-state index is -0.775. The maximum absolute atomic E-state index is 13.7. The SMILES string of the molecule is Cc1cc(/C(O)=C2/C(=O)C(=O)N(c3cccc(Br)c3)C2c2cccs2)ccc1F. The number of hydrogen-bond donors (Lipinski definition) is 1. The summed E-state index contributed by atoms with van der Waals surface area (Å²) in [4.78, 5) is 28.0. The largest absolute Gasteiger partial charge is 0.507 e. The number of hydrogen-bond acceptors (Lipinski definition) is 4. The molecule has 4 rings (SSSR count). The Morgan fingerprint density at radius 2 is 1.93 bits per heavy atom. The van der Waals surface area contributed by atoms with E-state index in [-0.39, 0.29) is 16.9 Å². The van der Waals surface area contributed by atoms with Gasteiger partial charge in [0.05, 0.1) is 5.57 Å². The molecule has 0 radical (unpaired) electrons. The summed E-state index contributed by atoms with van der Waals surface area (Å²) in [5, 5.41) is 12.8. The molecule has 0 saturated carbocycles. The molecule has 146 valence electrons. The van der Waals surface area contributed by atoms with E-state index in [0.717, 1.165) is 9.35 Å². The summed E-state index contributed by atoms with van der Waals surface area (Å²) >= 11 is 4.78. The Labute approximate surface area is 179 Å². The van der Waals surface area contributed by atoms with Crippen molar-refractivity contribution in [2.45, 2.75) is 13.0 Å². The molecule has 4 nitrogen and oxygen atoms in total. The molecule has 1 fully saturated rings. The van der Waals surface area contributed by atoms with Crippen LogP contribution in [0.4, 0.5) is 10.1 Å². The van der Waals surface area contributed by atoms with E-state index in [1.165, 1.54) is 34.4 Å². The zero-order valence-electron chi connectivity index (χ0n) is 15.2. The van der Waals surface area contributed by atoms with Crippen molar-refractivity contribution in [1.29, 1.82) is 0 Å². The highest BCUT2D eigenvalue weighted by Gasteiger charge is 2.47.